The monoisotopic (exact) mass is 384 g/mol. The lowest BCUT2D eigenvalue weighted by molar-refractivity contribution is 0.0734. The first-order valence-corrected chi connectivity index (χ1v) is 8.84. The first-order chi connectivity index (χ1) is 13.5. The number of piperidine rings is 1. The first kappa shape index (κ1) is 18.0. The normalized spacial score (nSPS) is 14.4. The van der Waals surface area contributed by atoms with E-state index in [-0.39, 0.29) is 43.1 Å². The van der Waals surface area contributed by atoms with E-state index in [1.54, 1.807) is 45.0 Å². The summed E-state index contributed by atoms with van der Waals surface area (Å²) < 4.78 is 28.9. The number of hydrogen-bond donors (Lipinski definition) is 0. The number of likely N-dealkylation sites (tertiary alicyclic amines) is 1. The molecule has 1 fully saturated rings. The maximum Gasteiger partial charge on any atom is 0.274 e. The second kappa shape index (κ2) is 7.34. The number of nitrogens with zero attached hydrogens (tertiary/aromatic N) is 6. The van der Waals surface area contributed by atoms with Gasteiger partial charge in [-0.3, -0.25) is 9.78 Å². The van der Waals surface area contributed by atoms with E-state index in [1.807, 2.05) is 19.3 Å². The van der Waals surface area contributed by atoms with Crippen LogP contribution in [0.4, 0.5) is 8.78 Å². The molecule has 1 saturated heterocycles. The molecule has 1 amide bonds. The molecule has 0 bridgehead atoms. The molecule has 0 aromatic carbocycles. The highest BCUT2D eigenvalue weighted by atomic mass is 19.3. The molecule has 0 unspecified atom stereocenters. The van der Waals surface area contributed by atoms with Gasteiger partial charge < -0.3 is 9.47 Å². The summed E-state index contributed by atoms with van der Waals surface area (Å²) in [5.41, 5.74) is 2.40. The number of carbonyl (C=O) groups is 1. The van der Waals surface area contributed by atoms with Gasteiger partial charge in [0.15, 0.2) is 5.69 Å². The number of halogens is 2. The highest BCUT2D eigenvalue weighted by Crippen LogP contribution is 2.25. The smallest absolute Gasteiger partial charge is 0.274 e. The molecule has 0 radical (unpaired) electrons. The van der Waals surface area contributed by atoms with Gasteiger partial charge in [0.2, 0.25) is 0 Å². The standard InChI is InChI=1S/C19H18F2N6O/c1-25-11-16(23-12-25)17-9-15(24-27(17)14-3-2-6-22-10-14)19(28)26-7-4-13(5-8-26)18(20)21/h2-3,6,9-12H,4-5,7-8H2,1H3. The molecule has 0 saturated carbocycles. The third kappa shape index (κ3) is 3.42. The molecule has 0 N–H and O–H groups in total. The van der Waals surface area contributed by atoms with Crippen LogP contribution >= 0.6 is 0 Å². The van der Waals surface area contributed by atoms with E-state index in [2.05, 4.69) is 15.1 Å². The van der Waals surface area contributed by atoms with Crippen molar-refractivity contribution in [3.8, 4) is 17.1 Å². The third-order valence-corrected chi connectivity index (χ3v) is 4.71. The van der Waals surface area contributed by atoms with Crippen LogP contribution in [0.3, 0.4) is 0 Å². The number of imidazole rings is 1. The van der Waals surface area contributed by atoms with Crippen LogP contribution in [0.25, 0.3) is 17.1 Å². The third-order valence-electron chi connectivity index (χ3n) is 4.71. The predicted octanol–water partition coefficient (Wildman–Crippen LogP) is 3.05. The molecule has 0 aliphatic carbocycles. The van der Waals surface area contributed by atoms with Gasteiger partial charge in [0, 0.05) is 32.5 Å². The molecular formula is C19H18F2N6O. The Bertz CT molecular complexity index is 1030. The molecule has 3 aromatic rings. The van der Waals surface area contributed by atoms with E-state index in [0.29, 0.717) is 17.1 Å². The van der Waals surface area contributed by atoms with Crippen molar-refractivity contribution in [3.05, 3.63) is 60.5 Å². The van der Waals surface area contributed by atoms with Gasteiger partial charge in [-0.1, -0.05) is 0 Å². The quantitative estimate of drug-likeness (QED) is 0.696. The van der Waals surface area contributed by atoms with Crippen LogP contribution in [-0.4, -0.2) is 48.2 Å². The number of pyridine rings is 1. The van der Waals surface area contributed by atoms with Crippen molar-refractivity contribution in [2.24, 2.45) is 7.05 Å². The maximum atomic E-state index is 12.9. The fraction of sp³-hybridized carbons (Fsp3) is 0.263. The fourth-order valence-corrected chi connectivity index (χ4v) is 3.22. The lowest BCUT2D eigenvalue weighted by Gasteiger charge is -2.27. The molecule has 144 valence electrons. The Morgan fingerprint density at radius 1 is 1.21 bits per heavy atom. The van der Waals surface area contributed by atoms with Crippen molar-refractivity contribution in [2.75, 3.05) is 13.1 Å². The summed E-state index contributed by atoms with van der Waals surface area (Å²) in [6.45, 7) is 0.508. The van der Waals surface area contributed by atoms with Crippen LogP contribution < -0.4 is 0 Å². The van der Waals surface area contributed by atoms with Crippen molar-refractivity contribution in [1.29, 1.82) is 0 Å². The van der Waals surface area contributed by atoms with Gasteiger partial charge in [0.05, 0.1) is 23.9 Å². The van der Waals surface area contributed by atoms with E-state index in [0.717, 1.165) is 0 Å². The Balaban J connectivity index is 1.68. The van der Waals surface area contributed by atoms with E-state index in [4.69, 9.17) is 0 Å². The van der Waals surface area contributed by atoms with Crippen LogP contribution in [0.5, 0.6) is 0 Å². The van der Waals surface area contributed by atoms with Gasteiger partial charge in [0.1, 0.15) is 5.69 Å². The van der Waals surface area contributed by atoms with Crippen molar-refractivity contribution in [3.63, 3.8) is 0 Å². The molecule has 9 heteroatoms. The Kier molecular flexibility index (Phi) is 4.72. The van der Waals surface area contributed by atoms with Gasteiger partial charge in [-0.15, -0.1) is 0 Å². The van der Waals surface area contributed by atoms with Gasteiger partial charge in [-0.2, -0.15) is 13.9 Å². The molecule has 1 aliphatic heterocycles. The Morgan fingerprint density at radius 2 is 2.00 bits per heavy atom. The molecule has 1 aliphatic rings. The molecule has 28 heavy (non-hydrogen) atoms. The summed E-state index contributed by atoms with van der Waals surface area (Å²) >= 11 is 0. The maximum absolute atomic E-state index is 12.9. The van der Waals surface area contributed by atoms with Crippen LogP contribution in [0.15, 0.2) is 54.8 Å². The second-order valence-electron chi connectivity index (χ2n) is 6.62. The van der Waals surface area contributed by atoms with Crippen molar-refractivity contribution in [2.45, 2.75) is 12.8 Å². The zero-order valence-electron chi connectivity index (χ0n) is 15.2. The summed E-state index contributed by atoms with van der Waals surface area (Å²) in [5, 5.41) is 4.47. The number of carbonyl (C=O) groups excluding carboxylic acids is 1. The van der Waals surface area contributed by atoms with Gasteiger partial charge >= 0.3 is 0 Å². The number of aryl methyl sites for hydroxylation is 1. The fourth-order valence-electron chi connectivity index (χ4n) is 3.22. The van der Waals surface area contributed by atoms with Gasteiger partial charge in [0.25, 0.3) is 12.0 Å². The van der Waals surface area contributed by atoms with Crippen LogP contribution in [0.1, 0.15) is 23.3 Å². The Labute approximate surface area is 159 Å². The summed E-state index contributed by atoms with van der Waals surface area (Å²) in [4.78, 5) is 22.9. The highest BCUT2D eigenvalue weighted by molar-refractivity contribution is 5.93. The minimum atomic E-state index is -1.63. The van der Waals surface area contributed by atoms with E-state index in [9.17, 15) is 13.6 Å². The number of aromatic nitrogens is 5. The molecule has 7 nitrogen and oxygen atoms in total. The molecule has 3 aromatic heterocycles. The molecule has 4 rings (SSSR count). The average molecular weight is 384 g/mol. The Morgan fingerprint density at radius 3 is 2.61 bits per heavy atom. The minimum absolute atomic E-state index is 0.124. The summed E-state index contributed by atoms with van der Waals surface area (Å²) in [6, 6.07) is 5.30. The largest absolute Gasteiger partial charge is 0.340 e. The topological polar surface area (TPSA) is 68.8 Å². The zero-order chi connectivity index (χ0) is 19.7. The minimum Gasteiger partial charge on any atom is -0.340 e. The highest BCUT2D eigenvalue weighted by Gasteiger charge is 2.26. The number of amides is 1. The molecule has 0 atom stereocenters. The summed E-state index contributed by atoms with van der Waals surface area (Å²) in [6.07, 6.45) is 5.54. The van der Waals surface area contributed by atoms with Crippen LogP contribution in [-0.2, 0) is 7.05 Å². The molecular weight excluding hydrogens is 366 g/mol. The van der Waals surface area contributed by atoms with Gasteiger partial charge in [-0.25, -0.2) is 9.67 Å². The lowest BCUT2D eigenvalue weighted by Crippen LogP contribution is -2.36. The predicted molar refractivity (Wildman–Crippen MR) is 97.9 cm³/mol. The van der Waals surface area contributed by atoms with E-state index >= 15 is 0 Å². The SMILES string of the molecule is Cn1cnc(-c2cc(C(=O)N3CCC(=C(F)F)CC3)nn2-c2cccnc2)c1. The van der Waals surface area contributed by atoms with Crippen molar-refractivity contribution >= 4 is 5.91 Å². The number of rotatable bonds is 3. The lowest BCUT2D eigenvalue weighted by atomic mass is 10.1. The summed E-state index contributed by atoms with van der Waals surface area (Å²) in [5.74, 6) is -0.280. The summed E-state index contributed by atoms with van der Waals surface area (Å²) in [7, 11) is 1.86. The Hall–Kier alpha value is -3.36. The average Bonchev–Trinajstić information content (AvgIpc) is 3.34. The van der Waals surface area contributed by atoms with Crippen molar-refractivity contribution < 1.29 is 13.6 Å². The van der Waals surface area contributed by atoms with Gasteiger partial charge in [-0.05, 0) is 36.6 Å². The first-order valence-electron chi connectivity index (χ1n) is 8.84. The second-order valence-corrected chi connectivity index (χ2v) is 6.62. The van der Waals surface area contributed by atoms with Crippen molar-refractivity contribution in [1.82, 2.24) is 29.2 Å². The molecule has 4 heterocycles. The van der Waals surface area contributed by atoms with Crippen LogP contribution in [0, 0.1) is 0 Å². The zero-order valence-corrected chi connectivity index (χ0v) is 15.2. The van der Waals surface area contributed by atoms with E-state index in [1.165, 1.54) is 0 Å². The van der Waals surface area contributed by atoms with E-state index < -0.39 is 6.08 Å². The molecule has 0 spiro atoms. The van der Waals surface area contributed by atoms with Crippen LogP contribution in [0.2, 0.25) is 0 Å². The number of hydrogen-bond acceptors (Lipinski definition) is 4.